The molecule has 136 valence electrons. The van der Waals surface area contributed by atoms with Gasteiger partial charge in [0.25, 0.3) is 0 Å². The fourth-order valence-electron chi connectivity index (χ4n) is 2.30. The van der Waals surface area contributed by atoms with Crippen molar-refractivity contribution in [3.05, 3.63) is 47.5 Å². The predicted molar refractivity (Wildman–Crippen MR) is 96.9 cm³/mol. The molecule has 1 heterocycles. The summed E-state index contributed by atoms with van der Waals surface area (Å²) in [5.74, 6) is 7.44. The minimum Gasteiger partial charge on any atom is -0.481 e. The lowest BCUT2D eigenvalue weighted by Gasteiger charge is -2.06. The van der Waals surface area contributed by atoms with Crippen LogP contribution < -0.4 is 18.9 Å². The normalized spacial score (nSPS) is 12.4. The van der Waals surface area contributed by atoms with Gasteiger partial charge in [-0.25, -0.2) is 8.42 Å². The van der Waals surface area contributed by atoms with Gasteiger partial charge in [-0.2, -0.15) is 4.72 Å². The summed E-state index contributed by atoms with van der Waals surface area (Å²) in [6, 6.07) is 10.3. The van der Waals surface area contributed by atoms with Gasteiger partial charge >= 0.3 is 0 Å². The Morgan fingerprint density at radius 1 is 1.04 bits per heavy atom. The van der Waals surface area contributed by atoms with Gasteiger partial charge in [0.15, 0.2) is 11.5 Å². The maximum absolute atomic E-state index is 12.2. The van der Waals surface area contributed by atoms with E-state index in [0.717, 1.165) is 11.1 Å². The summed E-state index contributed by atoms with van der Waals surface area (Å²) < 4.78 is 42.9. The number of benzene rings is 2. The Labute approximate surface area is 153 Å². The zero-order valence-corrected chi connectivity index (χ0v) is 15.4. The lowest BCUT2D eigenvalue weighted by Crippen LogP contribution is -2.24. The largest absolute Gasteiger partial charge is 0.481 e. The van der Waals surface area contributed by atoms with Crippen molar-refractivity contribution in [2.24, 2.45) is 0 Å². The summed E-state index contributed by atoms with van der Waals surface area (Å²) >= 11 is 0. The number of rotatable bonds is 5. The van der Waals surface area contributed by atoms with Gasteiger partial charge in [0.05, 0.1) is 11.4 Å². The number of nitrogens with one attached hydrogen (secondary N) is 1. The van der Waals surface area contributed by atoms with E-state index in [1.54, 1.807) is 36.4 Å². The van der Waals surface area contributed by atoms with Crippen molar-refractivity contribution in [1.82, 2.24) is 4.72 Å². The van der Waals surface area contributed by atoms with Crippen LogP contribution in [0.3, 0.4) is 0 Å². The molecule has 26 heavy (non-hydrogen) atoms. The lowest BCUT2D eigenvalue weighted by molar-refractivity contribution is 0.174. The number of hydrogen-bond donors (Lipinski definition) is 1. The first kappa shape index (κ1) is 18.1. The Kier molecular flexibility index (Phi) is 5.35. The van der Waals surface area contributed by atoms with E-state index in [-0.39, 0.29) is 24.8 Å². The van der Waals surface area contributed by atoms with Crippen LogP contribution in [-0.2, 0) is 10.0 Å². The maximum Gasteiger partial charge on any atom is 0.241 e. The summed E-state index contributed by atoms with van der Waals surface area (Å²) in [4.78, 5) is 0.235. The molecule has 0 amide bonds. The SMILES string of the molecule is Cc1ccc(S(=O)(=O)NCC#CCOc2ccc3c(c2)OCO3)cc1C. The molecule has 2 aromatic carbocycles. The topological polar surface area (TPSA) is 73.9 Å². The van der Waals surface area contributed by atoms with E-state index >= 15 is 0 Å². The quantitative estimate of drug-likeness (QED) is 0.815. The van der Waals surface area contributed by atoms with Crippen molar-refractivity contribution < 1.29 is 22.6 Å². The summed E-state index contributed by atoms with van der Waals surface area (Å²) in [5.41, 5.74) is 1.97. The molecular weight excluding hydrogens is 354 g/mol. The molecule has 6 nitrogen and oxygen atoms in total. The smallest absolute Gasteiger partial charge is 0.241 e. The average Bonchev–Trinajstić information content (AvgIpc) is 3.08. The van der Waals surface area contributed by atoms with Crippen molar-refractivity contribution >= 4 is 10.0 Å². The average molecular weight is 373 g/mol. The first-order valence-corrected chi connectivity index (χ1v) is 9.49. The van der Waals surface area contributed by atoms with Crippen molar-refractivity contribution in [2.75, 3.05) is 19.9 Å². The van der Waals surface area contributed by atoms with E-state index < -0.39 is 10.0 Å². The third-order valence-corrected chi connectivity index (χ3v) is 5.32. The fourth-order valence-corrected chi connectivity index (χ4v) is 3.30. The molecule has 1 aliphatic heterocycles. The van der Waals surface area contributed by atoms with Gasteiger partial charge in [0.2, 0.25) is 16.8 Å². The van der Waals surface area contributed by atoms with Crippen molar-refractivity contribution in [1.29, 1.82) is 0 Å². The molecule has 1 aliphatic rings. The maximum atomic E-state index is 12.2. The molecule has 0 fully saturated rings. The van der Waals surface area contributed by atoms with Crippen LogP contribution in [0.4, 0.5) is 0 Å². The number of hydrogen-bond acceptors (Lipinski definition) is 5. The van der Waals surface area contributed by atoms with Gasteiger partial charge in [-0.3, -0.25) is 0 Å². The monoisotopic (exact) mass is 373 g/mol. The molecule has 0 bridgehead atoms. The van der Waals surface area contributed by atoms with E-state index in [0.29, 0.717) is 17.2 Å². The zero-order valence-electron chi connectivity index (χ0n) is 14.5. The number of fused-ring (bicyclic) bond motifs is 1. The second-order valence-electron chi connectivity index (χ2n) is 5.73. The van der Waals surface area contributed by atoms with E-state index in [1.807, 2.05) is 13.8 Å². The zero-order chi connectivity index (χ0) is 18.6. The summed E-state index contributed by atoms with van der Waals surface area (Å²) in [6.45, 7) is 4.18. The van der Waals surface area contributed by atoms with Gasteiger partial charge in [-0.05, 0) is 49.2 Å². The Bertz CT molecular complexity index is 973. The molecule has 0 saturated heterocycles. The Hall–Kier alpha value is -2.69. The summed E-state index contributed by atoms with van der Waals surface area (Å²) in [6.07, 6.45) is 0. The van der Waals surface area contributed by atoms with E-state index in [2.05, 4.69) is 16.6 Å². The van der Waals surface area contributed by atoms with Crippen LogP contribution in [0.2, 0.25) is 0 Å². The standard InChI is InChI=1S/C19H19NO5S/c1-14-5-7-17(11-15(14)2)26(21,22)20-9-3-4-10-23-16-6-8-18-19(12-16)25-13-24-18/h5-8,11-12,20H,9-10,13H2,1-2H3. The number of sulfonamides is 1. The highest BCUT2D eigenvalue weighted by molar-refractivity contribution is 7.89. The molecule has 2 aromatic rings. The second kappa shape index (κ2) is 7.68. The van der Waals surface area contributed by atoms with Crippen LogP contribution >= 0.6 is 0 Å². The molecule has 0 aromatic heterocycles. The van der Waals surface area contributed by atoms with Crippen LogP contribution in [0.1, 0.15) is 11.1 Å². The number of aryl methyl sites for hydroxylation is 2. The van der Waals surface area contributed by atoms with E-state index in [9.17, 15) is 8.42 Å². The second-order valence-corrected chi connectivity index (χ2v) is 7.49. The lowest BCUT2D eigenvalue weighted by atomic mass is 10.1. The third-order valence-electron chi connectivity index (χ3n) is 3.92. The van der Waals surface area contributed by atoms with Crippen molar-refractivity contribution in [2.45, 2.75) is 18.7 Å². The van der Waals surface area contributed by atoms with E-state index in [4.69, 9.17) is 14.2 Å². The molecule has 0 unspecified atom stereocenters. The summed E-state index contributed by atoms with van der Waals surface area (Å²) in [7, 11) is -3.57. The highest BCUT2D eigenvalue weighted by Crippen LogP contribution is 2.34. The first-order chi connectivity index (χ1) is 12.5. The van der Waals surface area contributed by atoms with E-state index in [1.165, 1.54) is 0 Å². The van der Waals surface area contributed by atoms with Crippen LogP contribution in [0, 0.1) is 25.7 Å². The van der Waals surface area contributed by atoms with Crippen LogP contribution in [0.25, 0.3) is 0 Å². The molecule has 0 aliphatic carbocycles. The van der Waals surface area contributed by atoms with Crippen LogP contribution in [-0.4, -0.2) is 28.4 Å². The van der Waals surface area contributed by atoms with Gasteiger partial charge in [0, 0.05) is 6.07 Å². The summed E-state index contributed by atoms with van der Waals surface area (Å²) in [5, 5.41) is 0. The molecule has 1 N–H and O–H groups in total. The van der Waals surface area contributed by atoms with Gasteiger partial charge < -0.3 is 14.2 Å². The van der Waals surface area contributed by atoms with Gasteiger partial charge in [0.1, 0.15) is 12.4 Å². The van der Waals surface area contributed by atoms with Crippen LogP contribution in [0.5, 0.6) is 17.2 Å². The highest BCUT2D eigenvalue weighted by Gasteiger charge is 2.14. The van der Waals surface area contributed by atoms with Gasteiger partial charge in [-0.15, -0.1) is 0 Å². The molecule has 7 heteroatoms. The Morgan fingerprint density at radius 3 is 2.65 bits per heavy atom. The minimum absolute atomic E-state index is 0.0136. The first-order valence-electron chi connectivity index (χ1n) is 8.01. The van der Waals surface area contributed by atoms with Crippen LogP contribution in [0.15, 0.2) is 41.3 Å². The molecule has 0 radical (unpaired) electrons. The number of ether oxygens (including phenoxy) is 3. The van der Waals surface area contributed by atoms with Crippen molar-refractivity contribution in [3.8, 4) is 29.1 Å². The fraction of sp³-hybridized carbons (Fsp3) is 0.263. The van der Waals surface area contributed by atoms with Crippen molar-refractivity contribution in [3.63, 3.8) is 0 Å². The third kappa shape index (κ3) is 4.28. The Balaban J connectivity index is 1.50. The molecular formula is C19H19NO5S. The van der Waals surface area contributed by atoms with Gasteiger partial charge in [-0.1, -0.05) is 17.9 Å². The predicted octanol–water partition coefficient (Wildman–Crippen LogP) is 2.39. The molecule has 0 saturated carbocycles. The highest BCUT2D eigenvalue weighted by atomic mass is 32.2. The molecule has 0 atom stereocenters. The molecule has 3 rings (SSSR count). The Morgan fingerprint density at radius 2 is 1.85 bits per heavy atom. The minimum atomic E-state index is -3.57. The molecule has 0 spiro atoms.